The number of amides is 1. The fourth-order valence-corrected chi connectivity index (χ4v) is 1.82. The fraction of sp³-hybridized carbons (Fsp3) is 0.417. The van der Waals surface area contributed by atoms with Crippen LogP contribution in [0.2, 0.25) is 0 Å². The number of rotatable bonds is 5. The third kappa shape index (κ3) is 2.77. The number of carbonyl (C=O) groups is 1. The molecule has 0 radical (unpaired) electrons. The van der Waals surface area contributed by atoms with E-state index in [1.807, 2.05) is 30.8 Å². The molecule has 0 fully saturated rings. The highest BCUT2D eigenvalue weighted by Crippen LogP contribution is 2.08. The van der Waals surface area contributed by atoms with E-state index in [1.54, 1.807) is 12.4 Å². The number of H-pyrrole nitrogens is 1. The molecule has 2 N–H and O–H groups in total. The third-order valence-corrected chi connectivity index (χ3v) is 2.93. The summed E-state index contributed by atoms with van der Waals surface area (Å²) in [5, 5.41) is 9.51. The van der Waals surface area contributed by atoms with Gasteiger partial charge in [0.25, 0.3) is 0 Å². The van der Waals surface area contributed by atoms with Gasteiger partial charge in [0.1, 0.15) is 11.9 Å². The van der Waals surface area contributed by atoms with Crippen LogP contribution in [0.25, 0.3) is 0 Å². The smallest absolute Gasteiger partial charge is 0.242 e. The number of aromatic amines is 1. The normalized spacial score (nSPS) is 12.3. The summed E-state index contributed by atoms with van der Waals surface area (Å²) in [6.07, 6.45) is 7.88. The van der Waals surface area contributed by atoms with Crippen molar-refractivity contribution >= 4 is 5.91 Å². The van der Waals surface area contributed by atoms with Crippen LogP contribution >= 0.6 is 0 Å². The van der Waals surface area contributed by atoms with Gasteiger partial charge in [0.05, 0.1) is 6.20 Å². The third-order valence-electron chi connectivity index (χ3n) is 2.93. The lowest BCUT2D eigenvalue weighted by molar-refractivity contribution is -0.123. The molecule has 0 spiro atoms. The van der Waals surface area contributed by atoms with Crippen molar-refractivity contribution in [3.05, 3.63) is 36.2 Å². The van der Waals surface area contributed by atoms with Gasteiger partial charge in [-0.2, -0.15) is 5.10 Å². The van der Waals surface area contributed by atoms with E-state index in [4.69, 9.17) is 0 Å². The first-order valence-corrected chi connectivity index (χ1v) is 5.93. The van der Waals surface area contributed by atoms with Gasteiger partial charge >= 0.3 is 0 Å². The van der Waals surface area contributed by atoms with Crippen molar-refractivity contribution in [2.45, 2.75) is 26.3 Å². The van der Waals surface area contributed by atoms with Gasteiger partial charge in [-0.25, -0.2) is 4.98 Å². The largest absolute Gasteiger partial charge is 0.354 e. The zero-order valence-electron chi connectivity index (χ0n) is 10.6. The number of hydrogen-bond acceptors (Lipinski definition) is 3. The van der Waals surface area contributed by atoms with Crippen molar-refractivity contribution in [3.63, 3.8) is 0 Å². The van der Waals surface area contributed by atoms with Gasteiger partial charge in [0.2, 0.25) is 5.91 Å². The maximum Gasteiger partial charge on any atom is 0.242 e. The highest BCUT2D eigenvalue weighted by molar-refractivity contribution is 5.79. The molecule has 0 bridgehead atoms. The van der Waals surface area contributed by atoms with E-state index < -0.39 is 0 Å². The molecule has 6 nitrogen and oxygen atoms in total. The molecule has 2 aromatic heterocycles. The van der Waals surface area contributed by atoms with Crippen LogP contribution in [-0.2, 0) is 11.2 Å². The Morgan fingerprint density at radius 3 is 3.06 bits per heavy atom. The maximum absolute atomic E-state index is 11.9. The monoisotopic (exact) mass is 247 g/mol. The van der Waals surface area contributed by atoms with E-state index in [9.17, 15) is 4.79 Å². The minimum Gasteiger partial charge on any atom is -0.354 e. The number of nitrogens with zero attached hydrogens (tertiary/aromatic N) is 3. The van der Waals surface area contributed by atoms with Gasteiger partial charge in [0, 0.05) is 25.1 Å². The lowest BCUT2D eigenvalue weighted by Crippen LogP contribution is -2.32. The number of nitrogens with one attached hydrogen (secondary N) is 2. The van der Waals surface area contributed by atoms with Gasteiger partial charge in [-0.05, 0) is 25.8 Å². The van der Waals surface area contributed by atoms with Crippen LogP contribution in [0, 0.1) is 6.92 Å². The van der Waals surface area contributed by atoms with Crippen LogP contribution in [0.3, 0.4) is 0 Å². The lowest BCUT2D eigenvalue weighted by atomic mass is 10.2. The molecular formula is C12H17N5O. The summed E-state index contributed by atoms with van der Waals surface area (Å²) in [7, 11) is 0. The molecule has 0 aliphatic heterocycles. The molecule has 0 saturated carbocycles. The summed E-state index contributed by atoms with van der Waals surface area (Å²) in [6.45, 7) is 4.35. The number of hydrogen-bond donors (Lipinski definition) is 2. The summed E-state index contributed by atoms with van der Waals surface area (Å²) < 4.78 is 1.85. The summed E-state index contributed by atoms with van der Waals surface area (Å²) in [5.74, 6) is 0.840. The maximum atomic E-state index is 11.9. The molecule has 0 saturated heterocycles. The molecule has 0 unspecified atom stereocenters. The first-order chi connectivity index (χ1) is 8.68. The second-order valence-corrected chi connectivity index (χ2v) is 4.21. The first kappa shape index (κ1) is 12.3. The SMILES string of the molecule is Cc1nccn1[C@H](C)C(=O)NCCc1cn[nH]c1. The van der Waals surface area contributed by atoms with Crippen molar-refractivity contribution in [2.24, 2.45) is 0 Å². The average Bonchev–Trinajstić information content (AvgIpc) is 2.99. The van der Waals surface area contributed by atoms with Crippen molar-refractivity contribution in [1.29, 1.82) is 0 Å². The Kier molecular flexibility index (Phi) is 3.76. The molecule has 0 aliphatic carbocycles. The fourth-order valence-electron chi connectivity index (χ4n) is 1.82. The van der Waals surface area contributed by atoms with Crippen molar-refractivity contribution in [1.82, 2.24) is 25.1 Å². The van der Waals surface area contributed by atoms with E-state index >= 15 is 0 Å². The van der Waals surface area contributed by atoms with Crippen LogP contribution < -0.4 is 5.32 Å². The van der Waals surface area contributed by atoms with E-state index in [0.29, 0.717) is 6.54 Å². The van der Waals surface area contributed by atoms with Crippen LogP contribution in [-0.4, -0.2) is 32.2 Å². The molecule has 18 heavy (non-hydrogen) atoms. The molecule has 1 atom stereocenters. The quantitative estimate of drug-likeness (QED) is 0.822. The van der Waals surface area contributed by atoms with Crippen molar-refractivity contribution < 1.29 is 4.79 Å². The zero-order chi connectivity index (χ0) is 13.0. The Bertz CT molecular complexity index is 502. The van der Waals surface area contributed by atoms with E-state index in [-0.39, 0.29) is 11.9 Å². The van der Waals surface area contributed by atoms with Crippen LogP contribution in [0.1, 0.15) is 24.4 Å². The Labute approximate surface area is 105 Å². The average molecular weight is 247 g/mol. The second-order valence-electron chi connectivity index (χ2n) is 4.21. The number of aromatic nitrogens is 4. The predicted molar refractivity (Wildman–Crippen MR) is 67.0 cm³/mol. The Morgan fingerprint density at radius 2 is 2.44 bits per heavy atom. The van der Waals surface area contributed by atoms with Gasteiger partial charge in [-0.3, -0.25) is 9.89 Å². The molecule has 0 aromatic carbocycles. The number of carbonyl (C=O) groups excluding carboxylic acids is 1. The molecule has 2 heterocycles. The molecule has 96 valence electrons. The van der Waals surface area contributed by atoms with Gasteiger partial charge < -0.3 is 9.88 Å². The number of imidazole rings is 1. The molecule has 2 rings (SSSR count). The Morgan fingerprint density at radius 1 is 1.61 bits per heavy atom. The molecule has 2 aromatic rings. The second kappa shape index (κ2) is 5.48. The Hall–Kier alpha value is -2.11. The van der Waals surface area contributed by atoms with Crippen molar-refractivity contribution in [2.75, 3.05) is 6.54 Å². The van der Waals surface area contributed by atoms with E-state index in [2.05, 4.69) is 20.5 Å². The molecule has 0 aliphatic rings. The van der Waals surface area contributed by atoms with Crippen LogP contribution in [0.4, 0.5) is 0 Å². The highest BCUT2D eigenvalue weighted by atomic mass is 16.2. The van der Waals surface area contributed by atoms with Gasteiger partial charge in [-0.15, -0.1) is 0 Å². The minimum absolute atomic E-state index is 0.000375. The standard InChI is InChI=1S/C12H17N5O/c1-9(17-6-5-13-10(17)2)12(18)14-4-3-11-7-15-16-8-11/h5-9H,3-4H2,1-2H3,(H,14,18)(H,15,16)/t9-/m1/s1. The lowest BCUT2D eigenvalue weighted by Gasteiger charge is -2.14. The topological polar surface area (TPSA) is 75.6 Å². The van der Waals surface area contributed by atoms with Gasteiger partial charge in [-0.1, -0.05) is 0 Å². The van der Waals surface area contributed by atoms with Gasteiger partial charge in [0.15, 0.2) is 0 Å². The number of aryl methyl sites for hydroxylation is 1. The summed E-state index contributed by atoms with van der Waals surface area (Å²) >= 11 is 0. The first-order valence-electron chi connectivity index (χ1n) is 5.93. The summed E-state index contributed by atoms with van der Waals surface area (Å²) in [6, 6.07) is -0.239. The summed E-state index contributed by atoms with van der Waals surface area (Å²) in [5.41, 5.74) is 1.08. The minimum atomic E-state index is -0.239. The predicted octanol–water partition coefficient (Wildman–Crippen LogP) is 0.835. The molecular weight excluding hydrogens is 230 g/mol. The molecule has 1 amide bonds. The van der Waals surface area contributed by atoms with E-state index in [1.165, 1.54) is 0 Å². The van der Waals surface area contributed by atoms with Crippen molar-refractivity contribution in [3.8, 4) is 0 Å². The molecule has 6 heteroatoms. The highest BCUT2D eigenvalue weighted by Gasteiger charge is 2.15. The summed E-state index contributed by atoms with van der Waals surface area (Å²) in [4.78, 5) is 16.1. The van der Waals surface area contributed by atoms with Crippen LogP contribution in [0.15, 0.2) is 24.8 Å². The van der Waals surface area contributed by atoms with E-state index in [0.717, 1.165) is 17.8 Å². The zero-order valence-corrected chi connectivity index (χ0v) is 10.6. The van der Waals surface area contributed by atoms with Crippen LogP contribution in [0.5, 0.6) is 0 Å². The Balaban J connectivity index is 1.83.